The first-order valence-corrected chi connectivity index (χ1v) is 4.90. The van der Waals surface area contributed by atoms with Gasteiger partial charge in [0.05, 0.1) is 24.0 Å². The lowest BCUT2D eigenvalue weighted by Crippen LogP contribution is -1.94. The summed E-state index contributed by atoms with van der Waals surface area (Å²) in [5.74, 6) is 0.567. The van der Waals surface area contributed by atoms with Crippen LogP contribution in [0, 0.1) is 11.3 Å². The summed E-state index contributed by atoms with van der Waals surface area (Å²) in [6.45, 7) is 0. The predicted molar refractivity (Wildman–Crippen MR) is 61.5 cm³/mol. The molecule has 0 aliphatic carbocycles. The van der Waals surface area contributed by atoms with Crippen molar-refractivity contribution in [3.8, 4) is 6.07 Å². The second-order valence-corrected chi connectivity index (χ2v) is 3.43. The standard InChI is InChI=1S/C11H7ClN4/c12-10-6-14-7-11(16-10)15-9-3-1-8(5-13)2-4-9/h1-4,6-7H,(H,15,16). The summed E-state index contributed by atoms with van der Waals surface area (Å²) in [6.07, 6.45) is 3.04. The highest BCUT2D eigenvalue weighted by Gasteiger charge is 1.97. The average Bonchev–Trinajstić information content (AvgIpc) is 2.30. The van der Waals surface area contributed by atoms with E-state index in [1.54, 1.807) is 30.5 Å². The predicted octanol–water partition coefficient (Wildman–Crippen LogP) is 2.75. The first kappa shape index (κ1) is 10.4. The number of benzene rings is 1. The number of anilines is 2. The number of hydrogen-bond acceptors (Lipinski definition) is 4. The highest BCUT2D eigenvalue weighted by molar-refractivity contribution is 6.29. The van der Waals surface area contributed by atoms with Crippen molar-refractivity contribution in [1.82, 2.24) is 9.97 Å². The Hall–Kier alpha value is -2.12. The fourth-order valence-electron chi connectivity index (χ4n) is 1.18. The Balaban J connectivity index is 2.18. The Kier molecular flexibility index (Phi) is 2.99. The normalized spacial score (nSPS) is 9.50. The average molecular weight is 231 g/mol. The van der Waals surface area contributed by atoms with Gasteiger partial charge in [-0.05, 0) is 24.3 Å². The molecule has 0 saturated heterocycles. The Bertz CT molecular complexity index is 530. The highest BCUT2D eigenvalue weighted by atomic mass is 35.5. The van der Waals surface area contributed by atoms with Gasteiger partial charge in [-0.2, -0.15) is 5.26 Å². The van der Waals surface area contributed by atoms with Gasteiger partial charge in [0.1, 0.15) is 5.15 Å². The molecule has 0 aliphatic heterocycles. The van der Waals surface area contributed by atoms with Crippen molar-refractivity contribution >= 4 is 23.1 Å². The van der Waals surface area contributed by atoms with Gasteiger partial charge < -0.3 is 5.32 Å². The van der Waals surface area contributed by atoms with Gasteiger partial charge in [-0.15, -0.1) is 0 Å². The van der Waals surface area contributed by atoms with Crippen molar-refractivity contribution in [2.45, 2.75) is 0 Å². The maximum atomic E-state index is 8.64. The lowest BCUT2D eigenvalue weighted by Gasteiger charge is -2.04. The quantitative estimate of drug-likeness (QED) is 0.862. The molecule has 0 unspecified atom stereocenters. The van der Waals surface area contributed by atoms with Gasteiger partial charge in [-0.1, -0.05) is 11.6 Å². The van der Waals surface area contributed by atoms with E-state index in [1.165, 1.54) is 6.20 Å². The van der Waals surface area contributed by atoms with Crippen molar-refractivity contribution < 1.29 is 0 Å². The van der Waals surface area contributed by atoms with Crippen LogP contribution in [-0.2, 0) is 0 Å². The zero-order valence-corrected chi connectivity index (χ0v) is 8.94. The molecule has 0 atom stereocenters. The van der Waals surface area contributed by atoms with Crippen LogP contribution in [0.1, 0.15) is 5.56 Å². The summed E-state index contributed by atoms with van der Waals surface area (Å²) in [7, 11) is 0. The van der Waals surface area contributed by atoms with E-state index in [1.807, 2.05) is 0 Å². The lowest BCUT2D eigenvalue weighted by atomic mass is 10.2. The maximum absolute atomic E-state index is 8.64. The van der Waals surface area contributed by atoms with Crippen LogP contribution in [0.15, 0.2) is 36.7 Å². The molecule has 0 radical (unpaired) electrons. The van der Waals surface area contributed by atoms with Gasteiger partial charge in [-0.3, -0.25) is 4.98 Å². The largest absolute Gasteiger partial charge is 0.339 e. The van der Waals surface area contributed by atoms with E-state index in [-0.39, 0.29) is 0 Å². The van der Waals surface area contributed by atoms with Gasteiger partial charge in [0.2, 0.25) is 0 Å². The van der Waals surface area contributed by atoms with Gasteiger partial charge >= 0.3 is 0 Å². The molecule has 1 aromatic heterocycles. The zero-order chi connectivity index (χ0) is 11.4. The number of hydrogen-bond donors (Lipinski definition) is 1. The van der Waals surface area contributed by atoms with Gasteiger partial charge in [0, 0.05) is 5.69 Å². The first-order valence-electron chi connectivity index (χ1n) is 4.52. The maximum Gasteiger partial charge on any atom is 0.150 e. The fraction of sp³-hybridized carbons (Fsp3) is 0. The molecule has 0 spiro atoms. The number of halogens is 1. The van der Waals surface area contributed by atoms with Crippen LogP contribution < -0.4 is 5.32 Å². The van der Waals surface area contributed by atoms with Crippen LogP contribution in [0.4, 0.5) is 11.5 Å². The van der Waals surface area contributed by atoms with E-state index in [9.17, 15) is 0 Å². The Morgan fingerprint density at radius 1 is 1.19 bits per heavy atom. The SMILES string of the molecule is N#Cc1ccc(Nc2cncc(Cl)n2)cc1. The minimum atomic E-state index is 0.332. The van der Waals surface area contributed by atoms with Gasteiger partial charge in [0.25, 0.3) is 0 Å². The Labute approximate surface area is 97.5 Å². The molecule has 4 nitrogen and oxygen atoms in total. The van der Waals surface area contributed by atoms with E-state index >= 15 is 0 Å². The van der Waals surface area contributed by atoms with Crippen LogP contribution in [-0.4, -0.2) is 9.97 Å². The molecular formula is C11H7ClN4. The van der Waals surface area contributed by atoms with Crippen LogP contribution >= 0.6 is 11.6 Å². The number of nitrogens with zero attached hydrogens (tertiary/aromatic N) is 3. The van der Waals surface area contributed by atoms with E-state index in [2.05, 4.69) is 21.4 Å². The topological polar surface area (TPSA) is 61.6 Å². The van der Waals surface area contributed by atoms with Crippen LogP contribution in [0.5, 0.6) is 0 Å². The lowest BCUT2D eigenvalue weighted by molar-refractivity contribution is 1.20. The molecule has 16 heavy (non-hydrogen) atoms. The van der Waals surface area contributed by atoms with Gasteiger partial charge in [-0.25, -0.2) is 4.98 Å². The fourth-order valence-corrected chi connectivity index (χ4v) is 1.33. The number of aromatic nitrogens is 2. The third-order valence-electron chi connectivity index (χ3n) is 1.89. The molecule has 1 N–H and O–H groups in total. The van der Waals surface area contributed by atoms with Crippen molar-refractivity contribution in [3.05, 3.63) is 47.4 Å². The summed E-state index contributed by atoms with van der Waals surface area (Å²) in [5.41, 5.74) is 1.44. The summed E-state index contributed by atoms with van der Waals surface area (Å²) in [5, 5.41) is 12.0. The molecule has 0 fully saturated rings. The van der Waals surface area contributed by atoms with E-state index in [4.69, 9.17) is 16.9 Å². The second kappa shape index (κ2) is 4.60. The third kappa shape index (κ3) is 2.47. The minimum Gasteiger partial charge on any atom is -0.339 e. The van der Waals surface area contributed by atoms with Crippen LogP contribution in [0.3, 0.4) is 0 Å². The first-order chi connectivity index (χ1) is 7.78. The van der Waals surface area contributed by atoms with E-state index in [0.29, 0.717) is 16.5 Å². The summed E-state index contributed by atoms with van der Waals surface area (Å²) in [6, 6.07) is 9.08. The summed E-state index contributed by atoms with van der Waals surface area (Å²) >= 11 is 5.70. The van der Waals surface area contributed by atoms with Crippen LogP contribution in [0.2, 0.25) is 5.15 Å². The molecule has 0 aliphatic rings. The summed E-state index contributed by atoms with van der Waals surface area (Å²) < 4.78 is 0. The Morgan fingerprint density at radius 3 is 2.56 bits per heavy atom. The van der Waals surface area contributed by atoms with E-state index < -0.39 is 0 Å². The molecule has 1 aromatic carbocycles. The summed E-state index contributed by atoms with van der Waals surface area (Å²) in [4.78, 5) is 7.94. The zero-order valence-electron chi connectivity index (χ0n) is 8.18. The molecule has 2 rings (SSSR count). The molecule has 0 bridgehead atoms. The minimum absolute atomic E-state index is 0.332. The molecule has 5 heteroatoms. The van der Waals surface area contributed by atoms with E-state index in [0.717, 1.165) is 5.69 Å². The number of nitriles is 1. The molecule has 0 saturated carbocycles. The highest BCUT2D eigenvalue weighted by Crippen LogP contribution is 2.15. The molecular weight excluding hydrogens is 224 g/mol. The number of rotatable bonds is 2. The van der Waals surface area contributed by atoms with Crippen molar-refractivity contribution in [1.29, 1.82) is 5.26 Å². The van der Waals surface area contributed by atoms with Gasteiger partial charge in [0.15, 0.2) is 5.82 Å². The van der Waals surface area contributed by atoms with Crippen LogP contribution in [0.25, 0.3) is 0 Å². The number of nitrogens with one attached hydrogen (secondary N) is 1. The second-order valence-electron chi connectivity index (χ2n) is 3.04. The molecule has 78 valence electrons. The molecule has 2 aromatic rings. The molecule has 1 heterocycles. The van der Waals surface area contributed by atoms with Crippen molar-refractivity contribution in [2.75, 3.05) is 5.32 Å². The van der Waals surface area contributed by atoms with Crippen molar-refractivity contribution in [3.63, 3.8) is 0 Å². The van der Waals surface area contributed by atoms with Crippen molar-refractivity contribution in [2.24, 2.45) is 0 Å². The Morgan fingerprint density at radius 2 is 1.94 bits per heavy atom. The third-order valence-corrected chi connectivity index (χ3v) is 2.07. The molecule has 0 amide bonds. The monoisotopic (exact) mass is 230 g/mol. The smallest absolute Gasteiger partial charge is 0.150 e.